The second-order valence-corrected chi connectivity index (χ2v) is 8.32. The molecule has 2 fully saturated rings. The van der Waals surface area contributed by atoms with E-state index >= 15 is 0 Å². The predicted molar refractivity (Wildman–Crippen MR) is 89.8 cm³/mol. The van der Waals surface area contributed by atoms with Crippen LogP contribution in [0.15, 0.2) is 18.2 Å². The first-order valence-electron chi connectivity index (χ1n) is 7.85. The van der Waals surface area contributed by atoms with E-state index in [2.05, 4.69) is 60.9 Å². The molecule has 1 aliphatic carbocycles. The fourth-order valence-corrected chi connectivity index (χ4v) is 4.43. The summed E-state index contributed by atoms with van der Waals surface area (Å²) < 4.78 is 0. The van der Waals surface area contributed by atoms with Gasteiger partial charge in [-0.05, 0) is 37.0 Å². The van der Waals surface area contributed by atoms with Crippen LogP contribution in [0.4, 0.5) is 5.69 Å². The number of aryl methyl sites for hydroxylation is 1. The van der Waals surface area contributed by atoms with Crippen molar-refractivity contribution < 1.29 is 0 Å². The van der Waals surface area contributed by atoms with Gasteiger partial charge in [-0.15, -0.1) is 0 Å². The van der Waals surface area contributed by atoms with Crippen molar-refractivity contribution in [3.05, 3.63) is 29.3 Å². The maximum atomic E-state index is 3.60. The Morgan fingerprint density at radius 3 is 2.50 bits per heavy atom. The van der Waals surface area contributed by atoms with Gasteiger partial charge in [-0.1, -0.05) is 26.0 Å². The van der Waals surface area contributed by atoms with Crippen LogP contribution >= 0.6 is 11.8 Å². The summed E-state index contributed by atoms with van der Waals surface area (Å²) in [5.74, 6) is 0. The normalized spacial score (nSPS) is 26.9. The van der Waals surface area contributed by atoms with Crippen molar-refractivity contribution in [2.75, 3.05) is 18.0 Å². The summed E-state index contributed by atoms with van der Waals surface area (Å²) in [5.41, 5.74) is 4.27. The fourth-order valence-electron chi connectivity index (χ4n) is 3.11. The Hall–Kier alpha value is -0.670. The Morgan fingerprint density at radius 1 is 1.20 bits per heavy atom. The van der Waals surface area contributed by atoms with Crippen molar-refractivity contribution in [3.8, 4) is 0 Å². The lowest BCUT2D eigenvalue weighted by atomic mass is 10.1. The second-order valence-electron chi connectivity index (χ2n) is 6.44. The van der Waals surface area contributed by atoms with Crippen LogP contribution in [0.3, 0.4) is 0 Å². The summed E-state index contributed by atoms with van der Waals surface area (Å²) in [5, 5.41) is 5.06. The minimum absolute atomic E-state index is 0.731. The molecule has 1 aliphatic heterocycles. The number of hydrogen-bond acceptors (Lipinski definition) is 3. The zero-order chi connectivity index (χ0) is 14.1. The molecule has 1 aromatic carbocycles. The maximum absolute atomic E-state index is 3.60. The zero-order valence-corrected chi connectivity index (χ0v) is 13.7. The number of anilines is 1. The van der Waals surface area contributed by atoms with Gasteiger partial charge in [0, 0.05) is 41.9 Å². The Kier molecular flexibility index (Phi) is 4.27. The number of benzene rings is 1. The summed E-state index contributed by atoms with van der Waals surface area (Å²) >= 11 is 2.12. The number of thioether (sulfide) groups is 1. The van der Waals surface area contributed by atoms with Crippen LogP contribution in [0.25, 0.3) is 0 Å². The van der Waals surface area contributed by atoms with Crippen LogP contribution in [-0.2, 0) is 6.54 Å². The van der Waals surface area contributed by atoms with Gasteiger partial charge in [0.2, 0.25) is 0 Å². The Morgan fingerprint density at radius 2 is 1.90 bits per heavy atom. The molecule has 1 aromatic rings. The third-order valence-corrected chi connectivity index (χ3v) is 5.42. The molecule has 1 saturated carbocycles. The SMILES string of the molecule is Cc1cc(CNC2CC2)ccc1N1CC(C)SC(C)C1. The average Bonchev–Trinajstić information content (AvgIpc) is 3.19. The largest absolute Gasteiger partial charge is 0.369 e. The number of nitrogens with zero attached hydrogens (tertiary/aromatic N) is 1. The molecular formula is C17H26N2S. The van der Waals surface area contributed by atoms with E-state index in [1.807, 2.05) is 0 Å². The molecular weight excluding hydrogens is 264 g/mol. The number of nitrogens with one attached hydrogen (secondary N) is 1. The predicted octanol–water partition coefficient (Wildman–Crippen LogP) is 3.58. The second kappa shape index (κ2) is 5.98. The van der Waals surface area contributed by atoms with E-state index in [-0.39, 0.29) is 0 Å². The third-order valence-electron chi connectivity index (χ3n) is 4.19. The van der Waals surface area contributed by atoms with Crippen molar-refractivity contribution >= 4 is 17.4 Å². The average molecular weight is 290 g/mol. The highest BCUT2D eigenvalue weighted by molar-refractivity contribution is 8.00. The smallest absolute Gasteiger partial charge is 0.0396 e. The standard InChI is InChI=1S/C17H26N2S/c1-12-8-15(9-18-16-5-6-16)4-7-17(12)19-10-13(2)20-14(3)11-19/h4,7-8,13-14,16,18H,5-6,9-11H2,1-3H3. The van der Waals surface area contributed by atoms with Crippen molar-refractivity contribution in [2.45, 2.75) is 56.7 Å². The highest BCUT2D eigenvalue weighted by Gasteiger charge is 2.23. The highest BCUT2D eigenvalue weighted by atomic mass is 32.2. The maximum Gasteiger partial charge on any atom is 0.0396 e. The highest BCUT2D eigenvalue weighted by Crippen LogP contribution is 2.30. The first-order chi connectivity index (χ1) is 9.61. The van der Waals surface area contributed by atoms with Gasteiger partial charge < -0.3 is 10.2 Å². The van der Waals surface area contributed by atoms with E-state index in [1.54, 1.807) is 0 Å². The third kappa shape index (κ3) is 3.50. The van der Waals surface area contributed by atoms with Crippen LogP contribution in [-0.4, -0.2) is 29.6 Å². The fraction of sp³-hybridized carbons (Fsp3) is 0.647. The van der Waals surface area contributed by atoms with Crippen LogP contribution in [0.5, 0.6) is 0 Å². The summed E-state index contributed by atoms with van der Waals surface area (Å²) in [6.07, 6.45) is 2.72. The topological polar surface area (TPSA) is 15.3 Å². The summed E-state index contributed by atoms with van der Waals surface area (Å²) in [6.45, 7) is 10.3. The summed E-state index contributed by atoms with van der Waals surface area (Å²) in [6, 6.07) is 7.78. The summed E-state index contributed by atoms with van der Waals surface area (Å²) in [7, 11) is 0. The van der Waals surface area contributed by atoms with E-state index < -0.39 is 0 Å². The van der Waals surface area contributed by atoms with Gasteiger partial charge in [0.25, 0.3) is 0 Å². The van der Waals surface area contributed by atoms with Crippen LogP contribution < -0.4 is 10.2 Å². The zero-order valence-electron chi connectivity index (χ0n) is 12.9. The Bertz CT molecular complexity index is 460. The molecule has 1 heterocycles. The van der Waals surface area contributed by atoms with Crippen molar-refractivity contribution in [1.29, 1.82) is 0 Å². The van der Waals surface area contributed by atoms with Gasteiger partial charge >= 0.3 is 0 Å². The van der Waals surface area contributed by atoms with E-state index in [0.717, 1.165) is 23.1 Å². The molecule has 1 N–H and O–H groups in total. The van der Waals surface area contributed by atoms with Gasteiger partial charge in [0.15, 0.2) is 0 Å². The Balaban J connectivity index is 1.69. The van der Waals surface area contributed by atoms with Gasteiger partial charge in [-0.2, -0.15) is 11.8 Å². The minimum atomic E-state index is 0.731. The van der Waals surface area contributed by atoms with Crippen molar-refractivity contribution in [1.82, 2.24) is 5.32 Å². The lowest BCUT2D eigenvalue weighted by Crippen LogP contribution is -2.40. The monoisotopic (exact) mass is 290 g/mol. The lowest BCUT2D eigenvalue weighted by molar-refractivity contribution is 0.686. The van der Waals surface area contributed by atoms with Crippen LogP contribution in [0.1, 0.15) is 37.8 Å². The van der Waals surface area contributed by atoms with E-state index in [1.165, 1.54) is 42.7 Å². The molecule has 0 radical (unpaired) electrons. The Labute approximate surface area is 127 Å². The molecule has 2 unspecified atom stereocenters. The van der Waals surface area contributed by atoms with Gasteiger partial charge in [-0.3, -0.25) is 0 Å². The molecule has 2 atom stereocenters. The van der Waals surface area contributed by atoms with Gasteiger partial charge in [-0.25, -0.2) is 0 Å². The molecule has 0 aromatic heterocycles. The molecule has 2 nitrogen and oxygen atoms in total. The molecule has 0 spiro atoms. The van der Waals surface area contributed by atoms with Gasteiger partial charge in [0.05, 0.1) is 0 Å². The molecule has 3 heteroatoms. The van der Waals surface area contributed by atoms with E-state index in [9.17, 15) is 0 Å². The van der Waals surface area contributed by atoms with E-state index in [4.69, 9.17) is 0 Å². The molecule has 0 bridgehead atoms. The first-order valence-corrected chi connectivity index (χ1v) is 8.79. The van der Waals surface area contributed by atoms with Crippen LogP contribution in [0, 0.1) is 6.92 Å². The van der Waals surface area contributed by atoms with E-state index in [0.29, 0.717) is 0 Å². The lowest BCUT2D eigenvalue weighted by Gasteiger charge is -2.37. The number of rotatable bonds is 4. The number of hydrogen-bond donors (Lipinski definition) is 1. The van der Waals surface area contributed by atoms with Gasteiger partial charge in [0.1, 0.15) is 0 Å². The molecule has 1 saturated heterocycles. The van der Waals surface area contributed by atoms with Crippen molar-refractivity contribution in [3.63, 3.8) is 0 Å². The molecule has 110 valence electrons. The summed E-state index contributed by atoms with van der Waals surface area (Å²) in [4.78, 5) is 2.57. The minimum Gasteiger partial charge on any atom is -0.369 e. The van der Waals surface area contributed by atoms with Crippen molar-refractivity contribution in [2.24, 2.45) is 0 Å². The molecule has 2 aliphatic rings. The van der Waals surface area contributed by atoms with Crippen LogP contribution in [0.2, 0.25) is 0 Å². The molecule has 3 rings (SSSR count). The quantitative estimate of drug-likeness (QED) is 0.912. The molecule has 0 amide bonds. The molecule has 20 heavy (non-hydrogen) atoms. The first kappa shape index (κ1) is 14.3.